The van der Waals surface area contributed by atoms with Crippen molar-refractivity contribution in [2.75, 3.05) is 6.54 Å². The van der Waals surface area contributed by atoms with Gasteiger partial charge in [-0.25, -0.2) is 0 Å². The fraction of sp³-hybridized carbons (Fsp3) is 0.933. The lowest BCUT2D eigenvalue weighted by molar-refractivity contribution is -0.125. The second-order valence-electron chi connectivity index (χ2n) is 6.67. The molecule has 0 bridgehead atoms. The van der Waals surface area contributed by atoms with E-state index in [0.29, 0.717) is 30.2 Å². The quantitative estimate of drug-likeness (QED) is 0.807. The molecule has 2 atom stereocenters. The van der Waals surface area contributed by atoms with Crippen molar-refractivity contribution >= 4 is 5.91 Å². The van der Waals surface area contributed by atoms with Crippen LogP contribution in [0, 0.1) is 17.8 Å². The zero-order valence-electron chi connectivity index (χ0n) is 11.3. The molecule has 18 heavy (non-hydrogen) atoms. The first-order valence-corrected chi connectivity index (χ1v) is 7.78. The standard InChI is InChI=1S/C15H26N2O/c16-10-15(8-4-1-5-9-15)17-14(18)13-11-6-2-3-7-12(11)13/h11-13H,1-10,16H2,(H,17,18). The molecule has 102 valence electrons. The van der Waals surface area contributed by atoms with Crippen LogP contribution in [0.4, 0.5) is 0 Å². The molecule has 0 aliphatic heterocycles. The van der Waals surface area contributed by atoms with Crippen LogP contribution in [0.15, 0.2) is 0 Å². The van der Waals surface area contributed by atoms with Crippen LogP contribution in [-0.4, -0.2) is 18.0 Å². The highest BCUT2D eigenvalue weighted by atomic mass is 16.2. The summed E-state index contributed by atoms with van der Waals surface area (Å²) in [6, 6.07) is 0. The van der Waals surface area contributed by atoms with Gasteiger partial charge in [-0.3, -0.25) is 4.79 Å². The van der Waals surface area contributed by atoms with Crippen molar-refractivity contribution in [3.8, 4) is 0 Å². The number of fused-ring (bicyclic) bond motifs is 1. The first kappa shape index (κ1) is 12.5. The fourth-order valence-corrected chi connectivity index (χ4v) is 4.33. The summed E-state index contributed by atoms with van der Waals surface area (Å²) in [4.78, 5) is 12.4. The van der Waals surface area contributed by atoms with Crippen LogP contribution in [-0.2, 0) is 4.79 Å². The van der Waals surface area contributed by atoms with Gasteiger partial charge in [-0.2, -0.15) is 0 Å². The van der Waals surface area contributed by atoms with E-state index in [1.807, 2.05) is 0 Å². The van der Waals surface area contributed by atoms with Gasteiger partial charge in [0, 0.05) is 12.5 Å². The molecule has 0 aromatic carbocycles. The van der Waals surface area contributed by atoms with E-state index in [1.54, 1.807) is 0 Å². The summed E-state index contributed by atoms with van der Waals surface area (Å²) in [6.45, 7) is 0.612. The maximum Gasteiger partial charge on any atom is 0.224 e. The van der Waals surface area contributed by atoms with E-state index in [4.69, 9.17) is 5.73 Å². The molecule has 0 aromatic heterocycles. The zero-order chi connectivity index (χ0) is 12.6. The van der Waals surface area contributed by atoms with Gasteiger partial charge >= 0.3 is 0 Å². The van der Waals surface area contributed by atoms with Crippen molar-refractivity contribution in [1.82, 2.24) is 5.32 Å². The van der Waals surface area contributed by atoms with Gasteiger partial charge in [0.2, 0.25) is 5.91 Å². The van der Waals surface area contributed by atoms with Gasteiger partial charge in [0.15, 0.2) is 0 Å². The second-order valence-corrected chi connectivity index (χ2v) is 6.67. The molecule has 3 aliphatic carbocycles. The zero-order valence-corrected chi connectivity index (χ0v) is 11.3. The van der Waals surface area contributed by atoms with Crippen molar-refractivity contribution in [1.29, 1.82) is 0 Å². The van der Waals surface area contributed by atoms with Gasteiger partial charge in [-0.05, 0) is 37.5 Å². The molecule has 3 heteroatoms. The molecular weight excluding hydrogens is 224 g/mol. The van der Waals surface area contributed by atoms with Crippen LogP contribution >= 0.6 is 0 Å². The topological polar surface area (TPSA) is 55.1 Å². The minimum Gasteiger partial charge on any atom is -0.349 e. The lowest BCUT2D eigenvalue weighted by Gasteiger charge is -2.37. The predicted molar refractivity (Wildman–Crippen MR) is 72.0 cm³/mol. The Bertz CT molecular complexity index is 310. The van der Waals surface area contributed by atoms with Crippen LogP contribution in [0.1, 0.15) is 57.8 Å². The fourth-order valence-electron chi connectivity index (χ4n) is 4.33. The lowest BCUT2D eigenvalue weighted by Crippen LogP contribution is -2.55. The van der Waals surface area contributed by atoms with Crippen LogP contribution in [0.2, 0.25) is 0 Å². The molecule has 2 unspecified atom stereocenters. The minimum atomic E-state index is -0.0684. The highest BCUT2D eigenvalue weighted by Gasteiger charge is 2.55. The molecule has 3 saturated carbocycles. The average Bonchev–Trinajstić information content (AvgIpc) is 3.14. The van der Waals surface area contributed by atoms with E-state index in [9.17, 15) is 4.79 Å². The number of hydrogen-bond donors (Lipinski definition) is 2. The molecular formula is C15H26N2O. The monoisotopic (exact) mass is 250 g/mol. The summed E-state index contributed by atoms with van der Waals surface area (Å²) in [6.07, 6.45) is 11.1. The molecule has 0 saturated heterocycles. The Morgan fingerprint density at radius 3 is 2.22 bits per heavy atom. The summed E-state index contributed by atoms with van der Waals surface area (Å²) in [5.41, 5.74) is 5.87. The molecule has 3 fully saturated rings. The molecule has 3 nitrogen and oxygen atoms in total. The summed E-state index contributed by atoms with van der Waals surface area (Å²) < 4.78 is 0. The smallest absolute Gasteiger partial charge is 0.224 e. The third-order valence-corrected chi connectivity index (χ3v) is 5.55. The Kier molecular flexibility index (Phi) is 3.35. The summed E-state index contributed by atoms with van der Waals surface area (Å²) in [5, 5.41) is 3.34. The highest BCUT2D eigenvalue weighted by molar-refractivity contribution is 5.83. The van der Waals surface area contributed by atoms with Crippen LogP contribution in [0.5, 0.6) is 0 Å². The Hall–Kier alpha value is -0.570. The van der Waals surface area contributed by atoms with Crippen molar-refractivity contribution in [2.24, 2.45) is 23.5 Å². The molecule has 3 rings (SSSR count). The summed E-state index contributed by atoms with van der Waals surface area (Å²) in [7, 11) is 0. The second kappa shape index (κ2) is 4.84. The van der Waals surface area contributed by atoms with Gasteiger partial charge < -0.3 is 11.1 Å². The third kappa shape index (κ3) is 2.18. The number of carbonyl (C=O) groups excluding carboxylic acids is 1. The van der Waals surface area contributed by atoms with Crippen molar-refractivity contribution in [3.63, 3.8) is 0 Å². The van der Waals surface area contributed by atoms with Crippen LogP contribution < -0.4 is 11.1 Å². The predicted octanol–water partition coefficient (Wildman–Crippen LogP) is 2.20. The maximum absolute atomic E-state index is 12.4. The van der Waals surface area contributed by atoms with Crippen molar-refractivity contribution in [2.45, 2.75) is 63.3 Å². The summed E-state index contributed by atoms with van der Waals surface area (Å²) in [5.74, 6) is 2.06. The molecule has 0 radical (unpaired) electrons. The molecule has 0 spiro atoms. The van der Waals surface area contributed by atoms with Crippen LogP contribution in [0.3, 0.4) is 0 Å². The van der Waals surface area contributed by atoms with E-state index in [2.05, 4.69) is 5.32 Å². The minimum absolute atomic E-state index is 0.0684. The third-order valence-electron chi connectivity index (χ3n) is 5.55. The largest absolute Gasteiger partial charge is 0.349 e. The molecule has 3 aliphatic rings. The van der Waals surface area contributed by atoms with E-state index < -0.39 is 0 Å². The average molecular weight is 250 g/mol. The van der Waals surface area contributed by atoms with Gasteiger partial charge in [0.1, 0.15) is 0 Å². The van der Waals surface area contributed by atoms with E-state index in [1.165, 1.54) is 44.9 Å². The number of hydrogen-bond acceptors (Lipinski definition) is 2. The van der Waals surface area contributed by atoms with Gasteiger partial charge in [0.25, 0.3) is 0 Å². The van der Waals surface area contributed by atoms with Gasteiger partial charge in [-0.15, -0.1) is 0 Å². The maximum atomic E-state index is 12.4. The SMILES string of the molecule is NCC1(NC(=O)C2C3CCCCC32)CCCCC1. The van der Waals surface area contributed by atoms with Gasteiger partial charge in [-0.1, -0.05) is 32.1 Å². The van der Waals surface area contributed by atoms with Crippen molar-refractivity contribution < 1.29 is 4.79 Å². The number of nitrogens with two attached hydrogens (primary N) is 1. The normalized spacial score (nSPS) is 37.7. The van der Waals surface area contributed by atoms with Crippen molar-refractivity contribution in [3.05, 3.63) is 0 Å². The number of carbonyl (C=O) groups is 1. The number of rotatable bonds is 3. The Labute approximate surface area is 110 Å². The molecule has 0 aromatic rings. The first-order valence-electron chi connectivity index (χ1n) is 7.78. The Morgan fingerprint density at radius 1 is 1.06 bits per heavy atom. The van der Waals surface area contributed by atoms with E-state index in [-0.39, 0.29) is 5.54 Å². The van der Waals surface area contributed by atoms with Crippen LogP contribution in [0.25, 0.3) is 0 Å². The molecule has 1 amide bonds. The molecule has 3 N–H and O–H groups in total. The molecule has 0 heterocycles. The Morgan fingerprint density at radius 2 is 1.67 bits per heavy atom. The lowest BCUT2D eigenvalue weighted by atomic mass is 9.81. The highest BCUT2D eigenvalue weighted by Crippen LogP contribution is 2.55. The summed E-state index contributed by atoms with van der Waals surface area (Å²) >= 11 is 0. The number of nitrogens with one attached hydrogen (secondary N) is 1. The van der Waals surface area contributed by atoms with E-state index in [0.717, 1.165) is 12.8 Å². The first-order chi connectivity index (χ1) is 8.76. The Balaban J connectivity index is 1.60. The van der Waals surface area contributed by atoms with Gasteiger partial charge in [0.05, 0.1) is 5.54 Å². The van der Waals surface area contributed by atoms with E-state index >= 15 is 0 Å². The number of amides is 1.